The number of aliphatic hydroxyl groups excluding tert-OH is 2. The van der Waals surface area contributed by atoms with Crippen LogP contribution in [0, 0.1) is 0 Å². The molecule has 6 nitrogen and oxygen atoms in total. The molecule has 0 aliphatic rings. The van der Waals surface area contributed by atoms with Gasteiger partial charge < -0.3 is 20.3 Å². The second kappa shape index (κ2) is 75.8. The normalized spacial score (nSPS) is 12.6. The van der Waals surface area contributed by atoms with Crippen molar-refractivity contribution in [3.8, 4) is 0 Å². The molecule has 0 radical (unpaired) electrons. The molecule has 2 atom stereocenters. The Bertz CT molecular complexity index is 1350. The van der Waals surface area contributed by atoms with Crippen molar-refractivity contribution in [1.82, 2.24) is 5.32 Å². The first-order chi connectivity index (χ1) is 42.5. The van der Waals surface area contributed by atoms with Crippen molar-refractivity contribution in [2.75, 3.05) is 13.2 Å². The van der Waals surface area contributed by atoms with Gasteiger partial charge >= 0.3 is 5.97 Å². The molecule has 510 valence electrons. The lowest BCUT2D eigenvalue weighted by Crippen LogP contribution is -2.45. The van der Waals surface area contributed by atoms with Gasteiger partial charge in [0.05, 0.1) is 25.4 Å². The van der Waals surface area contributed by atoms with Crippen LogP contribution in [0.5, 0.6) is 0 Å². The van der Waals surface area contributed by atoms with Crippen LogP contribution in [-0.2, 0) is 14.3 Å². The number of carbonyl (C=O) groups is 2. The Morgan fingerprint density at radius 3 is 0.826 bits per heavy atom. The van der Waals surface area contributed by atoms with Crippen LogP contribution in [-0.4, -0.2) is 47.4 Å². The molecule has 86 heavy (non-hydrogen) atoms. The number of aliphatic hydroxyl groups is 2. The highest BCUT2D eigenvalue weighted by molar-refractivity contribution is 5.76. The lowest BCUT2D eigenvalue weighted by Gasteiger charge is -2.20. The standard InChI is InChI=1S/C80H155NO5/c1-3-5-7-9-11-13-15-17-19-20-21-22-36-39-42-45-48-52-56-60-64-68-72-78(83)77(76-82)81-79(84)73-69-65-61-57-53-49-46-43-40-37-34-32-30-28-26-24-23-25-27-29-31-33-35-38-41-44-47-51-55-59-63-67-71-75-86-80(85)74-70-66-62-58-54-50-18-16-14-12-10-8-6-4-2/h27,29,68,72,77-78,82-83H,3-26,28,30-67,69-71,73-76H2,1-2H3,(H,81,84)/b29-27-,72-68+. The molecule has 0 fully saturated rings. The molecule has 3 N–H and O–H groups in total. The highest BCUT2D eigenvalue weighted by Gasteiger charge is 2.18. The number of hydrogen-bond acceptors (Lipinski definition) is 5. The fourth-order valence-electron chi connectivity index (χ4n) is 12.7. The summed E-state index contributed by atoms with van der Waals surface area (Å²) < 4.78 is 5.50. The Hall–Kier alpha value is -1.66. The van der Waals surface area contributed by atoms with Crippen molar-refractivity contribution in [2.45, 2.75) is 463 Å². The molecule has 0 aromatic rings. The predicted octanol–water partition coefficient (Wildman–Crippen LogP) is 26.0. The van der Waals surface area contributed by atoms with Gasteiger partial charge in [-0.1, -0.05) is 404 Å². The van der Waals surface area contributed by atoms with E-state index in [4.69, 9.17) is 4.74 Å². The van der Waals surface area contributed by atoms with Gasteiger partial charge in [-0.25, -0.2) is 0 Å². The molecule has 2 unspecified atom stereocenters. The molecule has 0 spiro atoms. The van der Waals surface area contributed by atoms with E-state index in [-0.39, 0.29) is 18.5 Å². The zero-order valence-corrected chi connectivity index (χ0v) is 58.6. The molecule has 1 amide bonds. The Kier molecular flexibility index (Phi) is 74.3. The van der Waals surface area contributed by atoms with Crippen molar-refractivity contribution >= 4 is 11.9 Å². The second-order valence-corrected chi connectivity index (χ2v) is 27.4. The second-order valence-electron chi connectivity index (χ2n) is 27.4. The molecular weight excluding hydrogens is 1050 g/mol. The van der Waals surface area contributed by atoms with Gasteiger partial charge in [0.2, 0.25) is 5.91 Å². The fraction of sp³-hybridized carbons (Fsp3) is 0.925. The van der Waals surface area contributed by atoms with Gasteiger partial charge in [0.1, 0.15) is 0 Å². The summed E-state index contributed by atoms with van der Waals surface area (Å²) in [4.78, 5) is 24.6. The van der Waals surface area contributed by atoms with Crippen LogP contribution >= 0.6 is 0 Å². The van der Waals surface area contributed by atoms with Crippen molar-refractivity contribution in [2.24, 2.45) is 0 Å². The van der Waals surface area contributed by atoms with Crippen molar-refractivity contribution < 1.29 is 24.5 Å². The van der Waals surface area contributed by atoms with E-state index in [1.807, 2.05) is 6.08 Å². The van der Waals surface area contributed by atoms with Crippen LogP contribution in [0.25, 0.3) is 0 Å². The summed E-state index contributed by atoms with van der Waals surface area (Å²) in [7, 11) is 0. The number of esters is 1. The predicted molar refractivity (Wildman–Crippen MR) is 380 cm³/mol. The van der Waals surface area contributed by atoms with E-state index in [1.54, 1.807) is 6.08 Å². The number of allylic oxidation sites excluding steroid dienone is 3. The summed E-state index contributed by atoms with van der Waals surface area (Å²) in [5.41, 5.74) is 0. The number of nitrogens with one attached hydrogen (secondary N) is 1. The average molecular weight is 1210 g/mol. The quantitative estimate of drug-likeness (QED) is 0.0320. The van der Waals surface area contributed by atoms with Crippen LogP contribution in [0.1, 0.15) is 450 Å². The first-order valence-electron chi connectivity index (χ1n) is 39.6. The summed E-state index contributed by atoms with van der Waals surface area (Å²) in [5.74, 6) is -0.0382. The molecule has 0 aromatic carbocycles. The maximum Gasteiger partial charge on any atom is 0.305 e. The third kappa shape index (κ3) is 71.4. The van der Waals surface area contributed by atoms with Crippen molar-refractivity contribution in [3.63, 3.8) is 0 Å². The summed E-state index contributed by atoms with van der Waals surface area (Å²) in [6, 6.07) is -0.626. The number of hydrogen-bond donors (Lipinski definition) is 3. The van der Waals surface area contributed by atoms with E-state index >= 15 is 0 Å². The van der Waals surface area contributed by atoms with Gasteiger partial charge in [0.15, 0.2) is 0 Å². The third-order valence-corrected chi connectivity index (χ3v) is 18.7. The van der Waals surface area contributed by atoms with Crippen LogP contribution in [0.4, 0.5) is 0 Å². The number of carbonyl (C=O) groups excluding carboxylic acids is 2. The molecule has 6 heteroatoms. The van der Waals surface area contributed by atoms with E-state index in [0.717, 1.165) is 38.5 Å². The van der Waals surface area contributed by atoms with Crippen molar-refractivity contribution in [1.29, 1.82) is 0 Å². The SMILES string of the molecule is CCCCCCCCCCCCCCCCCCCCCC/C=C/C(O)C(CO)NC(=O)CCCCCCCCCCCCCCCCCCC/C=C\CCCCCCCCCCCCCCOC(=O)CCCCCCCCCCCCCCCC. The summed E-state index contributed by atoms with van der Waals surface area (Å²) in [6.07, 6.45) is 97.3. The topological polar surface area (TPSA) is 95.9 Å². The smallest absolute Gasteiger partial charge is 0.305 e. The van der Waals surface area contributed by atoms with Gasteiger partial charge in [0, 0.05) is 12.8 Å². The zero-order valence-electron chi connectivity index (χ0n) is 58.6. The third-order valence-electron chi connectivity index (χ3n) is 18.7. The lowest BCUT2D eigenvalue weighted by atomic mass is 10.0. The number of unbranched alkanes of at least 4 members (excludes halogenated alkanes) is 62. The highest BCUT2D eigenvalue weighted by atomic mass is 16.5. The van der Waals surface area contributed by atoms with Crippen LogP contribution in [0.3, 0.4) is 0 Å². The summed E-state index contributed by atoms with van der Waals surface area (Å²) in [6.45, 7) is 4.96. The molecular formula is C80H155NO5. The van der Waals surface area contributed by atoms with Gasteiger partial charge in [-0.15, -0.1) is 0 Å². The largest absolute Gasteiger partial charge is 0.466 e. The molecule has 0 rings (SSSR count). The monoisotopic (exact) mass is 1210 g/mol. The van der Waals surface area contributed by atoms with E-state index < -0.39 is 12.1 Å². The van der Waals surface area contributed by atoms with Crippen LogP contribution in [0.2, 0.25) is 0 Å². The number of rotatable bonds is 75. The van der Waals surface area contributed by atoms with E-state index in [1.165, 1.54) is 385 Å². The first kappa shape index (κ1) is 84.3. The molecule has 0 aliphatic carbocycles. The van der Waals surface area contributed by atoms with Gasteiger partial charge in [-0.05, 0) is 57.8 Å². The van der Waals surface area contributed by atoms with E-state index in [9.17, 15) is 19.8 Å². The minimum Gasteiger partial charge on any atom is -0.466 e. The van der Waals surface area contributed by atoms with Gasteiger partial charge in [0.25, 0.3) is 0 Å². The van der Waals surface area contributed by atoms with Gasteiger partial charge in [-0.3, -0.25) is 9.59 Å². The van der Waals surface area contributed by atoms with Gasteiger partial charge in [-0.2, -0.15) is 0 Å². The fourth-order valence-corrected chi connectivity index (χ4v) is 12.7. The minimum atomic E-state index is -0.843. The Morgan fingerprint density at radius 1 is 0.314 bits per heavy atom. The number of amides is 1. The minimum absolute atomic E-state index is 0.0217. The molecule has 0 aliphatic heterocycles. The summed E-state index contributed by atoms with van der Waals surface area (Å²) in [5, 5.41) is 23.3. The molecule has 0 bridgehead atoms. The molecule has 0 saturated heterocycles. The van der Waals surface area contributed by atoms with E-state index in [2.05, 4.69) is 31.3 Å². The first-order valence-corrected chi connectivity index (χ1v) is 39.6. The Morgan fingerprint density at radius 2 is 0.547 bits per heavy atom. The molecule has 0 heterocycles. The molecule has 0 saturated carbocycles. The van der Waals surface area contributed by atoms with Crippen LogP contribution < -0.4 is 5.32 Å². The van der Waals surface area contributed by atoms with E-state index in [0.29, 0.717) is 19.4 Å². The zero-order chi connectivity index (χ0) is 62.0. The maximum absolute atomic E-state index is 12.5. The van der Waals surface area contributed by atoms with Crippen LogP contribution in [0.15, 0.2) is 24.3 Å². The average Bonchev–Trinajstić information content (AvgIpc) is 3.58. The molecule has 0 aromatic heterocycles. The Labute approximate surface area is 539 Å². The highest BCUT2D eigenvalue weighted by Crippen LogP contribution is 2.20. The Balaban J connectivity index is 3.37. The maximum atomic E-state index is 12.5. The van der Waals surface area contributed by atoms with Crippen molar-refractivity contribution in [3.05, 3.63) is 24.3 Å². The lowest BCUT2D eigenvalue weighted by molar-refractivity contribution is -0.143. The summed E-state index contributed by atoms with van der Waals surface area (Å²) >= 11 is 0. The number of ether oxygens (including phenoxy) is 1.